The third-order valence-corrected chi connectivity index (χ3v) is 7.70. The average Bonchev–Trinajstić information content (AvgIpc) is 2.84. The number of sulfonamides is 1. The van der Waals surface area contributed by atoms with Crippen LogP contribution in [-0.2, 0) is 32.6 Å². The van der Waals surface area contributed by atoms with Crippen LogP contribution in [0.2, 0.25) is 0 Å². The van der Waals surface area contributed by atoms with Crippen LogP contribution in [0.4, 0.5) is 0 Å². The molecular formula is C25H33NO6S. The maximum atomic E-state index is 13.8. The summed E-state index contributed by atoms with van der Waals surface area (Å²) in [5.74, 6) is 0.973. The van der Waals surface area contributed by atoms with Gasteiger partial charge in [0, 0.05) is 19.5 Å². The Hall–Kier alpha value is -2.84. The molecule has 0 aliphatic rings. The minimum atomic E-state index is -3.75. The second-order valence-corrected chi connectivity index (χ2v) is 9.83. The highest BCUT2D eigenvalue weighted by atomic mass is 32.2. The summed E-state index contributed by atoms with van der Waals surface area (Å²) in [5.41, 5.74) is 1.67. The molecule has 0 saturated heterocycles. The van der Waals surface area contributed by atoms with Crippen molar-refractivity contribution in [3.8, 4) is 11.5 Å². The van der Waals surface area contributed by atoms with Gasteiger partial charge < -0.3 is 14.2 Å². The number of nitrogens with zero attached hydrogens (tertiary/aromatic N) is 1. The second kappa shape index (κ2) is 13.0. The highest BCUT2D eigenvalue weighted by molar-refractivity contribution is 7.89. The Morgan fingerprint density at radius 2 is 1.39 bits per heavy atom. The van der Waals surface area contributed by atoms with Gasteiger partial charge in [0.1, 0.15) is 11.5 Å². The molecule has 2 rings (SSSR count). The molecule has 0 fully saturated rings. The molecule has 33 heavy (non-hydrogen) atoms. The summed E-state index contributed by atoms with van der Waals surface area (Å²) in [6.07, 6.45) is 2.83. The van der Waals surface area contributed by atoms with E-state index in [0.29, 0.717) is 24.3 Å². The van der Waals surface area contributed by atoms with Crippen LogP contribution >= 0.6 is 0 Å². The van der Waals surface area contributed by atoms with E-state index < -0.39 is 21.2 Å². The average molecular weight is 476 g/mol. The Bertz CT molecular complexity index is 937. The van der Waals surface area contributed by atoms with Gasteiger partial charge in [-0.2, -0.15) is 4.31 Å². The lowest BCUT2D eigenvalue weighted by Crippen LogP contribution is -2.38. The lowest BCUT2D eigenvalue weighted by Gasteiger charge is -2.28. The third-order valence-electron chi connectivity index (χ3n) is 5.41. The normalized spacial score (nSPS) is 12.2. The number of allylic oxidation sites excluding steroid dienone is 1. The molecule has 0 aliphatic carbocycles. The summed E-state index contributed by atoms with van der Waals surface area (Å²) in [6, 6.07) is 14.6. The van der Waals surface area contributed by atoms with Gasteiger partial charge in [-0.25, -0.2) is 8.42 Å². The smallest absolute Gasteiger partial charge is 0.305 e. The highest BCUT2D eigenvalue weighted by Gasteiger charge is 2.32. The molecule has 8 heteroatoms. The first kappa shape index (κ1) is 26.4. The molecule has 0 radical (unpaired) electrons. The fraction of sp³-hybridized carbons (Fsp3) is 0.400. The van der Waals surface area contributed by atoms with Crippen LogP contribution in [0, 0.1) is 0 Å². The predicted octanol–water partition coefficient (Wildman–Crippen LogP) is 4.32. The van der Waals surface area contributed by atoms with E-state index in [1.165, 1.54) is 11.4 Å². The molecule has 180 valence electrons. The minimum absolute atomic E-state index is 0.0381. The molecule has 0 heterocycles. The summed E-state index contributed by atoms with van der Waals surface area (Å²) in [5, 5.41) is -0.730. The van der Waals surface area contributed by atoms with Gasteiger partial charge in [0.25, 0.3) is 0 Å². The van der Waals surface area contributed by atoms with E-state index in [9.17, 15) is 13.2 Å². The quantitative estimate of drug-likeness (QED) is 0.299. The molecule has 0 unspecified atom stereocenters. The lowest BCUT2D eigenvalue weighted by molar-refractivity contribution is -0.140. The molecule has 0 aromatic heterocycles. The van der Waals surface area contributed by atoms with Gasteiger partial charge in [-0.05, 0) is 54.7 Å². The molecule has 1 atom stereocenters. The Morgan fingerprint density at radius 3 is 1.79 bits per heavy atom. The molecule has 0 N–H and O–H groups in total. The SMILES string of the molecule is C=CCC[C@@H](CCC(=O)OC)S(=O)(=O)N(Cc1ccc(OC)cc1)Cc1ccc(OC)cc1. The molecular weight excluding hydrogens is 442 g/mol. The van der Waals surface area contributed by atoms with Crippen molar-refractivity contribution in [1.82, 2.24) is 4.31 Å². The summed E-state index contributed by atoms with van der Waals surface area (Å²) in [4.78, 5) is 11.7. The van der Waals surface area contributed by atoms with Gasteiger partial charge >= 0.3 is 5.97 Å². The number of carbonyl (C=O) groups excluding carboxylic acids is 1. The van der Waals surface area contributed by atoms with E-state index in [0.717, 1.165) is 11.1 Å². The molecule has 2 aromatic rings. The maximum absolute atomic E-state index is 13.8. The fourth-order valence-electron chi connectivity index (χ4n) is 3.44. The predicted molar refractivity (Wildman–Crippen MR) is 129 cm³/mol. The second-order valence-electron chi connectivity index (χ2n) is 7.61. The van der Waals surface area contributed by atoms with Crippen LogP contribution < -0.4 is 9.47 Å². The van der Waals surface area contributed by atoms with Crippen LogP contribution in [0.3, 0.4) is 0 Å². The summed E-state index contributed by atoms with van der Waals surface area (Å²) < 4.78 is 44.2. The molecule has 0 amide bonds. The van der Waals surface area contributed by atoms with E-state index >= 15 is 0 Å². The Balaban J connectivity index is 2.36. The molecule has 0 bridgehead atoms. The summed E-state index contributed by atoms with van der Waals surface area (Å²) >= 11 is 0. The van der Waals surface area contributed by atoms with Crippen LogP contribution in [0.25, 0.3) is 0 Å². The van der Waals surface area contributed by atoms with Crippen molar-refractivity contribution >= 4 is 16.0 Å². The zero-order chi connectivity index (χ0) is 24.3. The first-order valence-electron chi connectivity index (χ1n) is 10.8. The molecule has 0 spiro atoms. The van der Waals surface area contributed by atoms with Crippen molar-refractivity contribution in [3.63, 3.8) is 0 Å². The first-order valence-corrected chi connectivity index (χ1v) is 12.3. The summed E-state index contributed by atoms with van der Waals surface area (Å²) in [7, 11) is 0.718. The van der Waals surface area contributed by atoms with Gasteiger partial charge in [0.2, 0.25) is 10.0 Å². The number of methoxy groups -OCH3 is 3. The monoisotopic (exact) mass is 475 g/mol. The Labute approximate surface area is 197 Å². The van der Waals surface area contributed by atoms with Crippen LogP contribution in [-0.4, -0.2) is 45.3 Å². The lowest BCUT2D eigenvalue weighted by atomic mass is 10.1. The largest absolute Gasteiger partial charge is 0.497 e. The zero-order valence-electron chi connectivity index (χ0n) is 19.5. The van der Waals surface area contributed by atoms with Gasteiger partial charge in [-0.1, -0.05) is 30.3 Å². The van der Waals surface area contributed by atoms with Gasteiger partial charge in [-0.3, -0.25) is 4.79 Å². The minimum Gasteiger partial charge on any atom is -0.497 e. The topological polar surface area (TPSA) is 82.1 Å². The first-order chi connectivity index (χ1) is 15.8. The summed E-state index contributed by atoms with van der Waals surface area (Å²) in [6.45, 7) is 4.11. The van der Waals surface area contributed by atoms with Crippen molar-refractivity contribution in [1.29, 1.82) is 0 Å². The van der Waals surface area contributed by atoms with Crippen LogP contribution in [0.5, 0.6) is 11.5 Å². The number of esters is 1. The van der Waals surface area contributed by atoms with Gasteiger partial charge in [0.05, 0.1) is 26.6 Å². The molecule has 2 aromatic carbocycles. The van der Waals surface area contributed by atoms with E-state index in [1.807, 2.05) is 24.3 Å². The van der Waals surface area contributed by atoms with Crippen molar-refractivity contribution in [2.45, 2.75) is 44.0 Å². The number of rotatable bonds is 14. The number of ether oxygens (including phenoxy) is 3. The zero-order valence-corrected chi connectivity index (χ0v) is 20.3. The number of hydrogen-bond donors (Lipinski definition) is 0. The number of benzene rings is 2. The van der Waals surface area contributed by atoms with Crippen molar-refractivity contribution < 1.29 is 27.4 Å². The van der Waals surface area contributed by atoms with E-state index in [2.05, 4.69) is 6.58 Å². The van der Waals surface area contributed by atoms with Crippen LogP contribution in [0.15, 0.2) is 61.2 Å². The molecule has 7 nitrogen and oxygen atoms in total. The molecule has 0 saturated carbocycles. The third kappa shape index (κ3) is 7.91. The van der Waals surface area contributed by atoms with E-state index in [4.69, 9.17) is 14.2 Å². The Kier molecular flexibility index (Phi) is 10.4. The van der Waals surface area contributed by atoms with Crippen LogP contribution in [0.1, 0.15) is 36.8 Å². The van der Waals surface area contributed by atoms with E-state index in [-0.39, 0.29) is 25.9 Å². The fourth-order valence-corrected chi connectivity index (χ4v) is 5.37. The van der Waals surface area contributed by atoms with E-state index in [1.54, 1.807) is 44.6 Å². The van der Waals surface area contributed by atoms with Crippen molar-refractivity contribution in [3.05, 3.63) is 72.3 Å². The highest BCUT2D eigenvalue weighted by Crippen LogP contribution is 2.25. The number of hydrogen-bond acceptors (Lipinski definition) is 6. The standard InChI is InChI=1S/C25H33NO6S/c1-5-6-7-24(16-17-25(27)32-4)33(28,29)26(18-20-8-12-22(30-2)13-9-20)19-21-10-14-23(31-3)15-11-21/h5,8-15,24H,1,6-7,16-19H2,2-4H3/t24-/m0/s1. The Morgan fingerprint density at radius 1 is 0.909 bits per heavy atom. The van der Waals surface area contributed by atoms with Crippen molar-refractivity contribution in [2.75, 3.05) is 21.3 Å². The number of carbonyl (C=O) groups is 1. The van der Waals surface area contributed by atoms with Gasteiger partial charge in [0.15, 0.2) is 0 Å². The maximum Gasteiger partial charge on any atom is 0.305 e. The van der Waals surface area contributed by atoms with Gasteiger partial charge in [-0.15, -0.1) is 6.58 Å². The van der Waals surface area contributed by atoms with Crippen molar-refractivity contribution in [2.24, 2.45) is 0 Å². The molecule has 0 aliphatic heterocycles.